The summed E-state index contributed by atoms with van der Waals surface area (Å²) in [7, 11) is 0. The molecular weight excluding hydrogens is 420 g/mol. The zero-order chi connectivity index (χ0) is 22.9. The Bertz CT molecular complexity index is 1070. The molecule has 1 saturated heterocycles. The summed E-state index contributed by atoms with van der Waals surface area (Å²) in [5.41, 5.74) is 1.83. The Morgan fingerprint density at radius 3 is 2.29 bits per heavy atom. The van der Waals surface area contributed by atoms with Crippen molar-refractivity contribution in [2.45, 2.75) is 26.4 Å². The summed E-state index contributed by atoms with van der Waals surface area (Å²) >= 11 is 0. The Labute approximate surface area is 174 Å². The molecule has 1 aromatic heterocycles. The summed E-state index contributed by atoms with van der Waals surface area (Å²) in [4.78, 5) is 37.6. The van der Waals surface area contributed by atoms with Crippen LogP contribution in [0.5, 0.6) is 0 Å². The van der Waals surface area contributed by atoms with Crippen LogP contribution in [0.15, 0.2) is 23.0 Å². The molecule has 0 bridgehead atoms. The fourth-order valence-electron chi connectivity index (χ4n) is 3.35. The number of alkyl halides is 3. The van der Waals surface area contributed by atoms with E-state index in [2.05, 4.69) is 10.2 Å². The van der Waals surface area contributed by atoms with E-state index >= 15 is 0 Å². The number of benzene rings is 1. The third-order valence-electron chi connectivity index (χ3n) is 5.36. The molecular formula is C20H20F4N4O3. The first-order chi connectivity index (χ1) is 14.5. The van der Waals surface area contributed by atoms with E-state index < -0.39 is 23.8 Å². The van der Waals surface area contributed by atoms with E-state index in [9.17, 15) is 31.9 Å². The van der Waals surface area contributed by atoms with Crippen LogP contribution in [-0.2, 0) is 11.2 Å². The number of nitrogens with zero attached hydrogens (tertiary/aromatic N) is 3. The number of rotatable bonds is 3. The number of halogens is 4. The fraction of sp³-hybridized carbons (Fsp3) is 0.400. The van der Waals surface area contributed by atoms with Gasteiger partial charge in [0, 0.05) is 38.2 Å². The zero-order valence-electron chi connectivity index (χ0n) is 16.8. The molecule has 1 aliphatic rings. The number of aromatic nitrogens is 2. The highest BCUT2D eigenvalue weighted by atomic mass is 19.4. The number of carbonyl (C=O) groups is 2. The maximum absolute atomic E-state index is 14.3. The van der Waals surface area contributed by atoms with Gasteiger partial charge in [0.15, 0.2) is 0 Å². The molecule has 0 aliphatic carbocycles. The van der Waals surface area contributed by atoms with Crippen LogP contribution in [0.25, 0.3) is 0 Å². The highest BCUT2D eigenvalue weighted by Crippen LogP contribution is 2.21. The molecule has 0 atom stereocenters. The lowest BCUT2D eigenvalue weighted by molar-refractivity contribution is -0.186. The van der Waals surface area contributed by atoms with Crippen molar-refractivity contribution in [2.24, 2.45) is 0 Å². The van der Waals surface area contributed by atoms with Crippen molar-refractivity contribution < 1.29 is 27.2 Å². The molecule has 31 heavy (non-hydrogen) atoms. The van der Waals surface area contributed by atoms with Gasteiger partial charge in [0.25, 0.3) is 11.5 Å². The van der Waals surface area contributed by atoms with Crippen molar-refractivity contribution in [2.75, 3.05) is 26.2 Å². The third-order valence-corrected chi connectivity index (χ3v) is 5.36. The maximum Gasteiger partial charge on any atom is 0.471 e. The molecule has 0 spiro atoms. The lowest BCUT2D eigenvalue weighted by Gasteiger charge is -2.35. The number of nitrogens with one attached hydrogen (secondary N) is 1. The number of hydrogen-bond acceptors (Lipinski definition) is 4. The second-order valence-electron chi connectivity index (χ2n) is 7.32. The highest BCUT2D eigenvalue weighted by Gasteiger charge is 2.43. The van der Waals surface area contributed by atoms with Gasteiger partial charge in [0.2, 0.25) is 0 Å². The van der Waals surface area contributed by atoms with Crippen molar-refractivity contribution >= 4 is 11.8 Å². The van der Waals surface area contributed by atoms with E-state index in [4.69, 9.17) is 0 Å². The van der Waals surface area contributed by atoms with E-state index in [1.165, 1.54) is 17.0 Å². The van der Waals surface area contributed by atoms with Crippen LogP contribution < -0.4 is 5.56 Å². The van der Waals surface area contributed by atoms with E-state index in [0.717, 1.165) is 6.07 Å². The largest absolute Gasteiger partial charge is 0.471 e. The number of piperazine rings is 1. The van der Waals surface area contributed by atoms with Crippen LogP contribution in [0.4, 0.5) is 17.6 Å². The van der Waals surface area contributed by atoms with Gasteiger partial charge >= 0.3 is 12.1 Å². The summed E-state index contributed by atoms with van der Waals surface area (Å²) in [5.74, 6) is -3.38. The van der Waals surface area contributed by atoms with E-state index in [-0.39, 0.29) is 43.7 Å². The maximum atomic E-state index is 14.3. The molecule has 3 rings (SSSR count). The SMILES string of the molecule is Cc1c(Cc2ccc(F)c(C(=O)N3CCN(C(=O)C(F)(F)F)CC3)c2)n[nH]c(=O)c1C. The molecule has 0 radical (unpaired) electrons. The van der Waals surface area contributed by atoms with Gasteiger partial charge in [-0.05, 0) is 37.1 Å². The lowest BCUT2D eigenvalue weighted by Crippen LogP contribution is -2.53. The summed E-state index contributed by atoms with van der Waals surface area (Å²) in [6.07, 6.45) is -4.73. The topological polar surface area (TPSA) is 86.4 Å². The van der Waals surface area contributed by atoms with Crippen LogP contribution in [-0.4, -0.2) is 64.2 Å². The van der Waals surface area contributed by atoms with Crippen molar-refractivity contribution in [3.63, 3.8) is 0 Å². The van der Waals surface area contributed by atoms with Crippen LogP contribution in [0.3, 0.4) is 0 Å². The highest BCUT2D eigenvalue weighted by molar-refractivity contribution is 5.95. The quantitative estimate of drug-likeness (QED) is 0.740. The molecule has 0 unspecified atom stereocenters. The average molecular weight is 440 g/mol. The van der Waals surface area contributed by atoms with Crippen molar-refractivity contribution in [3.8, 4) is 0 Å². The molecule has 11 heteroatoms. The third kappa shape index (κ3) is 4.75. The molecule has 1 aliphatic heterocycles. The number of hydrogen-bond donors (Lipinski definition) is 1. The van der Waals surface area contributed by atoms with E-state index in [1.807, 2.05) is 0 Å². The van der Waals surface area contributed by atoms with Gasteiger partial charge in [-0.25, -0.2) is 9.49 Å². The van der Waals surface area contributed by atoms with Crippen molar-refractivity contribution in [1.82, 2.24) is 20.0 Å². The molecule has 2 aromatic rings. The predicted molar refractivity (Wildman–Crippen MR) is 102 cm³/mol. The molecule has 7 nitrogen and oxygen atoms in total. The fourth-order valence-corrected chi connectivity index (χ4v) is 3.35. The molecule has 1 fully saturated rings. The van der Waals surface area contributed by atoms with Gasteiger partial charge in [0.05, 0.1) is 11.3 Å². The molecule has 1 aromatic carbocycles. The molecule has 2 heterocycles. The van der Waals surface area contributed by atoms with Gasteiger partial charge in [-0.1, -0.05) is 6.07 Å². The van der Waals surface area contributed by atoms with Gasteiger partial charge < -0.3 is 9.80 Å². The molecule has 166 valence electrons. The standard InChI is InChI=1S/C20H20F4N4O3/c1-11-12(2)17(29)26-25-16(11)10-13-3-4-15(21)14(9-13)18(30)27-5-7-28(8-6-27)19(31)20(22,23)24/h3-4,9H,5-8,10H2,1-2H3,(H,26,29). The van der Waals surface area contributed by atoms with Gasteiger partial charge in [-0.3, -0.25) is 14.4 Å². The van der Waals surface area contributed by atoms with Crippen LogP contribution >= 0.6 is 0 Å². The first kappa shape index (κ1) is 22.4. The number of aromatic amines is 1. The molecule has 2 amide bonds. The lowest BCUT2D eigenvalue weighted by atomic mass is 10.0. The van der Waals surface area contributed by atoms with Gasteiger partial charge in [0.1, 0.15) is 5.82 Å². The average Bonchev–Trinajstić information content (AvgIpc) is 2.74. The smallest absolute Gasteiger partial charge is 0.335 e. The van der Waals surface area contributed by atoms with Gasteiger partial charge in [-0.2, -0.15) is 18.3 Å². The van der Waals surface area contributed by atoms with Gasteiger partial charge in [-0.15, -0.1) is 0 Å². The molecule has 1 N–H and O–H groups in total. The first-order valence-corrected chi connectivity index (χ1v) is 9.47. The predicted octanol–water partition coefficient (Wildman–Crippen LogP) is 1.96. The second-order valence-corrected chi connectivity index (χ2v) is 7.32. The van der Waals surface area contributed by atoms with Crippen molar-refractivity contribution in [3.05, 3.63) is 62.3 Å². The summed E-state index contributed by atoms with van der Waals surface area (Å²) in [6.45, 7) is 2.55. The Balaban J connectivity index is 1.75. The summed E-state index contributed by atoms with van der Waals surface area (Å²) < 4.78 is 52.0. The Morgan fingerprint density at radius 1 is 1.06 bits per heavy atom. The summed E-state index contributed by atoms with van der Waals surface area (Å²) in [6, 6.07) is 4.00. The molecule has 0 saturated carbocycles. The number of H-pyrrole nitrogens is 1. The Hall–Kier alpha value is -3.24. The van der Waals surface area contributed by atoms with Crippen LogP contribution in [0, 0.1) is 19.7 Å². The van der Waals surface area contributed by atoms with Crippen molar-refractivity contribution in [1.29, 1.82) is 0 Å². The summed E-state index contributed by atoms with van der Waals surface area (Å²) in [5, 5.41) is 6.40. The number of amides is 2. The second kappa shape index (κ2) is 8.48. The minimum absolute atomic E-state index is 0.135. The van der Waals surface area contributed by atoms with E-state index in [0.29, 0.717) is 27.3 Å². The Kier molecular flexibility index (Phi) is 6.14. The van der Waals surface area contributed by atoms with Crippen LogP contribution in [0.1, 0.15) is 32.7 Å². The first-order valence-electron chi connectivity index (χ1n) is 9.47. The monoisotopic (exact) mass is 440 g/mol. The Morgan fingerprint density at radius 2 is 1.68 bits per heavy atom. The normalized spacial score (nSPS) is 14.6. The number of carbonyl (C=O) groups excluding carboxylic acids is 2. The minimum atomic E-state index is -4.97. The van der Waals surface area contributed by atoms with Crippen LogP contribution in [0.2, 0.25) is 0 Å². The van der Waals surface area contributed by atoms with E-state index in [1.54, 1.807) is 13.8 Å². The minimum Gasteiger partial charge on any atom is -0.335 e. The zero-order valence-corrected chi connectivity index (χ0v) is 16.8.